The number of carboxylic acid groups (broad SMARTS) is 1. The average Bonchev–Trinajstić information content (AvgIpc) is 2.89. The lowest BCUT2D eigenvalue weighted by molar-refractivity contribution is -0.138. The molecule has 0 spiro atoms. The quantitative estimate of drug-likeness (QED) is 0.347. The maximum Gasteiger partial charge on any atom is 0.302 e. The lowest BCUT2D eigenvalue weighted by atomic mass is 10.8. The van der Waals surface area contributed by atoms with Gasteiger partial charge in [-0.05, 0) is 0 Å². The van der Waals surface area contributed by atoms with Gasteiger partial charge in [0.1, 0.15) is 0 Å². The van der Waals surface area contributed by atoms with E-state index in [9.17, 15) is 4.79 Å². The van der Waals surface area contributed by atoms with E-state index < -0.39 is 5.97 Å². The highest BCUT2D eigenvalue weighted by atomic mass is 33.4. The Bertz CT molecular complexity index is 1240. The first-order chi connectivity index (χ1) is 17.7. The summed E-state index contributed by atoms with van der Waals surface area (Å²) in [5.74, 6) is -1.08. The van der Waals surface area contributed by atoms with Crippen molar-refractivity contribution in [2.24, 2.45) is 0 Å². The van der Waals surface area contributed by atoms with Gasteiger partial charge in [0.2, 0.25) is 0 Å². The minimum atomic E-state index is -0.833. The van der Waals surface area contributed by atoms with E-state index in [1.54, 1.807) is 115 Å². The maximum atomic E-state index is 9.59. The first kappa shape index (κ1) is 61.2. The van der Waals surface area contributed by atoms with Gasteiger partial charge in [0.15, 0.2) is 0 Å². The van der Waals surface area contributed by atoms with Crippen LogP contribution in [-0.2, 0) is 241 Å². The fourth-order valence-electron chi connectivity index (χ4n) is 0.147. The molecule has 0 heterocycles. The Morgan fingerprint density at radius 2 is 0.658 bits per heavy atom. The molecule has 0 aliphatic heterocycles. The number of aliphatic carboxylic acids is 1. The summed E-state index contributed by atoms with van der Waals surface area (Å²) in [4.78, 5) is 18.6. The predicted octanol–water partition coefficient (Wildman–Crippen LogP) is 1.48. The van der Waals surface area contributed by atoms with Gasteiger partial charge in [-0.15, -0.1) is 0 Å². The van der Waals surface area contributed by atoms with Crippen LogP contribution in [0.1, 0.15) is 35.1 Å². The molecule has 0 aromatic heterocycles. The Morgan fingerprint density at radius 1 is 0.553 bits per heavy atom. The molecule has 29 heteroatoms. The van der Waals surface area contributed by atoms with E-state index in [4.69, 9.17) is 15.0 Å². The van der Waals surface area contributed by atoms with Gasteiger partial charge in [0.05, 0.1) is 7.11 Å². The zero-order valence-electron chi connectivity index (χ0n) is 18.9. The molecule has 0 saturated heterocycles. The third-order valence-corrected chi connectivity index (χ3v) is 34.0. The third kappa shape index (κ3) is 137. The van der Waals surface area contributed by atoms with E-state index >= 15 is 0 Å². The van der Waals surface area contributed by atoms with Gasteiger partial charge in [-0.25, -0.2) is 0 Å². The lowest BCUT2D eigenvalue weighted by Crippen LogP contribution is -1.88. The molecule has 0 aromatic rings. The smallest absolute Gasteiger partial charge is 0.302 e. The number of hydrogen-bond acceptors (Lipinski definition) is 10. The van der Waals surface area contributed by atoms with Crippen molar-refractivity contribution < 1.29 is 24.5 Å². The molecular formula is C9H24O5S24. The summed E-state index contributed by atoms with van der Waals surface area (Å²) in [5, 5.41) is 14.4. The van der Waals surface area contributed by atoms with Gasteiger partial charge in [-0.3, -0.25) is 9.59 Å². The van der Waals surface area contributed by atoms with Gasteiger partial charge in [0.25, 0.3) is 5.97 Å². The minimum Gasteiger partial charge on any atom is -0.481 e. The standard InChI is InChI=1S/C3H6O2.C2H4O2.C2H6.CH4O.CH4.S11.S10.S3/c1-3(4)5-2;1-2(3)4;2*1-2;;1-3-5-7-9-11-10-8-6-4-2;1-3-5-7-9-10-8-6-4-2;1-3-2/h1-2H3;1H3,(H,3,4);1-2H3;2H,1H3;1H4;;;. The Balaban J connectivity index is -0.0000000507. The molecule has 0 aliphatic carbocycles. The summed E-state index contributed by atoms with van der Waals surface area (Å²) in [5.41, 5.74) is 0. The molecule has 0 fully saturated rings. The van der Waals surface area contributed by atoms with Crippen molar-refractivity contribution >= 4 is 239 Å². The zero-order valence-corrected chi connectivity index (χ0v) is 38.5. The second-order valence-electron chi connectivity index (χ2n) is 2.44. The van der Waals surface area contributed by atoms with E-state index in [0.717, 1.165) is 22.9 Å². The number of aliphatic hydroxyl groups excluding tert-OH is 1. The number of carbonyl (C=O) groups is 2. The fourth-order valence-corrected chi connectivity index (χ4v) is 35.8. The Morgan fingerprint density at radius 3 is 0.737 bits per heavy atom. The first-order valence-electron chi connectivity index (χ1n) is 7.19. The average molecular weight is 982 g/mol. The number of carboxylic acids is 1. The molecule has 2 N–H and O–H groups in total. The largest absolute Gasteiger partial charge is 0.481 e. The fraction of sp³-hybridized carbons (Fsp3) is 0.778. The molecule has 0 aliphatic rings. The second-order valence-corrected chi connectivity index (χ2v) is 34.3. The summed E-state index contributed by atoms with van der Waals surface area (Å²) >= 11 is 26.9. The Labute approximate surface area is 306 Å². The van der Waals surface area contributed by atoms with E-state index in [2.05, 4.69) is 71.9 Å². The van der Waals surface area contributed by atoms with Gasteiger partial charge in [-0.2, -0.15) is 0 Å². The molecule has 0 rings (SSSR count). The van der Waals surface area contributed by atoms with E-state index in [1.165, 1.54) is 49.6 Å². The van der Waals surface area contributed by atoms with E-state index in [1.807, 2.05) is 13.8 Å². The number of hydrogen-bond donors (Lipinski definition) is 2. The minimum absolute atomic E-state index is 0. The summed E-state index contributed by atoms with van der Waals surface area (Å²) in [7, 11) is 30.4. The molecule has 234 valence electrons. The number of ether oxygens (including phenoxy) is 1. The Hall–Kier alpha value is 4.18. The Kier molecular flexibility index (Phi) is 126. The summed E-state index contributed by atoms with van der Waals surface area (Å²) in [6.07, 6.45) is 0. The number of carbonyl (C=O) groups excluding carboxylic acids is 1. The molecule has 0 atom stereocenters. The molecule has 38 heavy (non-hydrogen) atoms. The van der Waals surface area contributed by atoms with Gasteiger partial charge in [-0.1, -0.05) is 21.3 Å². The summed E-state index contributed by atoms with van der Waals surface area (Å²) in [6, 6.07) is 0. The monoisotopic (exact) mass is 979 g/mol. The predicted molar refractivity (Wildman–Crippen MR) is 234 cm³/mol. The third-order valence-electron chi connectivity index (χ3n) is 0.704. The number of aliphatic hydroxyl groups is 1. The van der Waals surface area contributed by atoms with Crippen LogP contribution in [0.4, 0.5) is 0 Å². The van der Waals surface area contributed by atoms with Gasteiger partial charge in [0, 0.05) is 248 Å². The molecule has 0 amide bonds. The number of methoxy groups -OCH3 is 1. The van der Waals surface area contributed by atoms with Crippen molar-refractivity contribution in [2.45, 2.75) is 35.1 Å². The van der Waals surface area contributed by atoms with Gasteiger partial charge < -0.3 is 14.9 Å². The highest BCUT2D eigenvalue weighted by Crippen LogP contribution is 1.60. The summed E-state index contributed by atoms with van der Waals surface area (Å²) < 4.78 is 4.11. The lowest BCUT2D eigenvalue weighted by Gasteiger charge is -1.80. The van der Waals surface area contributed by atoms with Crippen LogP contribution < -0.4 is 0 Å². The van der Waals surface area contributed by atoms with Crippen LogP contribution in [0.25, 0.3) is 0 Å². The molecule has 0 unspecified atom stereocenters. The van der Waals surface area contributed by atoms with Crippen molar-refractivity contribution in [1.82, 2.24) is 0 Å². The molecule has 0 radical (unpaired) electrons. The molecular weight excluding hydrogens is 958 g/mol. The van der Waals surface area contributed by atoms with Gasteiger partial charge >= 0.3 is 5.97 Å². The van der Waals surface area contributed by atoms with Crippen molar-refractivity contribution in [1.29, 1.82) is 0 Å². The van der Waals surface area contributed by atoms with Crippen molar-refractivity contribution in [2.75, 3.05) is 14.2 Å². The van der Waals surface area contributed by atoms with Crippen LogP contribution in [0.2, 0.25) is 0 Å². The van der Waals surface area contributed by atoms with Crippen LogP contribution >= 0.6 is 0 Å². The van der Waals surface area contributed by atoms with E-state index in [-0.39, 0.29) is 13.4 Å². The normalized spacial score (nSPS) is 5.97. The highest BCUT2D eigenvalue weighted by molar-refractivity contribution is 8.74. The van der Waals surface area contributed by atoms with Crippen LogP contribution in [0.15, 0.2) is 0 Å². The highest BCUT2D eigenvalue weighted by Gasteiger charge is 1.75. The number of esters is 1. The van der Waals surface area contributed by atoms with E-state index in [0.29, 0.717) is 0 Å². The van der Waals surface area contributed by atoms with Crippen molar-refractivity contribution in [3.63, 3.8) is 0 Å². The molecule has 0 aromatic carbocycles. The topological polar surface area (TPSA) is 83.8 Å². The SMILES string of the molecule is C.CC.CC(=O)O.CO.COC(C)=O.S=S=S.S=S=S=S=S=S=S=S=S=S.S=S=S=S=S=S=S=S=S=S=S. The first-order valence-corrected chi connectivity index (χ1v) is 35.2. The molecule has 5 nitrogen and oxygen atoms in total. The second kappa shape index (κ2) is 78.1. The van der Waals surface area contributed by atoms with Crippen LogP contribution in [0.3, 0.4) is 0 Å². The van der Waals surface area contributed by atoms with Crippen LogP contribution in [0, 0.1) is 0 Å². The zero-order chi connectivity index (χ0) is 30.6. The van der Waals surface area contributed by atoms with Crippen LogP contribution in [0.5, 0.6) is 0 Å². The maximum absolute atomic E-state index is 9.59. The molecule has 0 saturated carbocycles. The van der Waals surface area contributed by atoms with Crippen molar-refractivity contribution in [3.05, 3.63) is 0 Å². The molecule has 0 bridgehead atoms. The summed E-state index contributed by atoms with van der Waals surface area (Å²) in [6.45, 7) is 6.44. The number of rotatable bonds is 0. The van der Waals surface area contributed by atoms with Crippen molar-refractivity contribution in [3.8, 4) is 0 Å². The van der Waals surface area contributed by atoms with Crippen LogP contribution in [-0.4, -0.2) is 36.4 Å².